The molecule has 1 heterocycles. The fourth-order valence-electron chi connectivity index (χ4n) is 4.05. The van der Waals surface area contributed by atoms with Gasteiger partial charge < -0.3 is 9.84 Å². The second-order valence-corrected chi connectivity index (χ2v) is 7.55. The predicted octanol–water partition coefficient (Wildman–Crippen LogP) is 4.94. The number of aliphatic hydroxyl groups is 1. The minimum Gasteiger partial charge on any atom is -0.507 e. The quantitative estimate of drug-likeness (QED) is 0.374. The summed E-state index contributed by atoms with van der Waals surface area (Å²) in [4.78, 5) is 27.7. The van der Waals surface area contributed by atoms with E-state index in [1.54, 1.807) is 25.3 Å². The number of ketones is 1. The van der Waals surface area contributed by atoms with E-state index in [2.05, 4.69) is 0 Å². The molecular weight excluding hydrogens is 390 g/mol. The van der Waals surface area contributed by atoms with E-state index < -0.39 is 17.7 Å². The minimum atomic E-state index is -0.731. The number of hydrogen-bond acceptors (Lipinski definition) is 4. The molecular formula is C26H23NO4. The zero-order chi connectivity index (χ0) is 22.1. The maximum absolute atomic E-state index is 13.2. The van der Waals surface area contributed by atoms with Crippen LogP contribution in [0.25, 0.3) is 5.76 Å². The summed E-state index contributed by atoms with van der Waals surface area (Å²) in [7, 11) is 1.59. The molecule has 156 valence electrons. The molecule has 1 aliphatic heterocycles. The first-order valence-corrected chi connectivity index (χ1v) is 10.0. The van der Waals surface area contributed by atoms with Gasteiger partial charge >= 0.3 is 0 Å². The highest BCUT2D eigenvalue weighted by molar-refractivity contribution is 6.51. The van der Waals surface area contributed by atoms with Gasteiger partial charge in [-0.2, -0.15) is 0 Å². The number of aryl methyl sites for hydroxylation is 2. The van der Waals surface area contributed by atoms with Crippen molar-refractivity contribution in [3.63, 3.8) is 0 Å². The zero-order valence-corrected chi connectivity index (χ0v) is 17.6. The number of carbonyl (C=O) groups excluding carboxylic acids is 2. The van der Waals surface area contributed by atoms with Gasteiger partial charge in [0.1, 0.15) is 11.5 Å². The molecule has 0 aliphatic carbocycles. The lowest BCUT2D eigenvalue weighted by atomic mass is 9.93. The van der Waals surface area contributed by atoms with Gasteiger partial charge in [0.2, 0.25) is 0 Å². The summed E-state index contributed by atoms with van der Waals surface area (Å²) in [5.74, 6) is -0.861. The summed E-state index contributed by atoms with van der Waals surface area (Å²) < 4.78 is 5.36. The molecule has 1 N–H and O–H groups in total. The van der Waals surface area contributed by atoms with Crippen LogP contribution in [0.5, 0.6) is 5.75 Å². The normalized spacial score (nSPS) is 17.8. The molecule has 1 fully saturated rings. The molecule has 0 bridgehead atoms. The molecule has 1 unspecified atom stereocenters. The van der Waals surface area contributed by atoms with E-state index >= 15 is 0 Å². The van der Waals surface area contributed by atoms with Crippen LogP contribution in [0.15, 0.2) is 78.4 Å². The SMILES string of the molecule is COc1cc(C)c(/C(O)=C2\C(=O)C(=O)N(c3ccccc3)C2c2ccccc2)cc1C. The molecule has 4 rings (SSSR count). The Bertz CT molecular complexity index is 1180. The number of nitrogens with zero attached hydrogens (tertiary/aromatic N) is 1. The van der Waals surface area contributed by atoms with Crippen molar-refractivity contribution in [3.05, 3.63) is 101 Å². The summed E-state index contributed by atoms with van der Waals surface area (Å²) in [6.45, 7) is 3.70. The van der Waals surface area contributed by atoms with Gasteiger partial charge in [0.05, 0.1) is 18.7 Å². The molecule has 1 atom stereocenters. The highest BCUT2D eigenvalue weighted by Gasteiger charge is 2.47. The lowest BCUT2D eigenvalue weighted by molar-refractivity contribution is -0.132. The number of rotatable bonds is 4. The molecule has 1 aliphatic rings. The van der Waals surface area contributed by atoms with Crippen molar-refractivity contribution < 1.29 is 19.4 Å². The Kier molecular flexibility index (Phi) is 5.34. The Morgan fingerprint density at radius 1 is 0.903 bits per heavy atom. The molecule has 3 aromatic carbocycles. The zero-order valence-electron chi connectivity index (χ0n) is 17.6. The highest BCUT2D eigenvalue weighted by atomic mass is 16.5. The minimum absolute atomic E-state index is 0.0766. The average Bonchev–Trinajstić information content (AvgIpc) is 3.06. The van der Waals surface area contributed by atoms with Crippen molar-refractivity contribution >= 4 is 23.1 Å². The van der Waals surface area contributed by atoms with Gasteiger partial charge in [0.25, 0.3) is 11.7 Å². The first kappa shape index (κ1) is 20.4. The van der Waals surface area contributed by atoms with Crippen molar-refractivity contribution in [2.75, 3.05) is 12.0 Å². The van der Waals surface area contributed by atoms with Crippen molar-refractivity contribution in [3.8, 4) is 5.75 Å². The van der Waals surface area contributed by atoms with Crippen LogP contribution in [-0.2, 0) is 9.59 Å². The van der Waals surface area contributed by atoms with Gasteiger partial charge in [0.15, 0.2) is 0 Å². The van der Waals surface area contributed by atoms with E-state index in [0.717, 1.165) is 16.7 Å². The number of Topliss-reactive ketones (excluding diaryl/α,β-unsaturated/α-hetero) is 1. The smallest absolute Gasteiger partial charge is 0.300 e. The van der Waals surface area contributed by atoms with Crippen LogP contribution in [0.4, 0.5) is 5.69 Å². The number of amides is 1. The van der Waals surface area contributed by atoms with E-state index in [-0.39, 0.29) is 11.3 Å². The summed E-state index contributed by atoms with van der Waals surface area (Å²) in [5, 5.41) is 11.3. The predicted molar refractivity (Wildman–Crippen MR) is 120 cm³/mol. The number of anilines is 1. The van der Waals surface area contributed by atoms with Crippen LogP contribution >= 0.6 is 0 Å². The van der Waals surface area contributed by atoms with Gasteiger partial charge in [-0.3, -0.25) is 14.5 Å². The van der Waals surface area contributed by atoms with Gasteiger partial charge in [0, 0.05) is 11.3 Å². The van der Waals surface area contributed by atoms with Crippen molar-refractivity contribution in [1.82, 2.24) is 0 Å². The Balaban J connectivity index is 1.96. The highest BCUT2D eigenvalue weighted by Crippen LogP contribution is 2.42. The maximum atomic E-state index is 13.2. The Morgan fingerprint density at radius 3 is 2.13 bits per heavy atom. The summed E-state index contributed by atoms with van der Waals surface area (Å²) >= 11 is 0. The van der Waals surface area contributed by atoms with E-state index in [0.29, 0.717) is 17.0 Å². The van der Waals surface area contributed by atoms with Gasteiger partial charge in [-0.15, -0.1) is 0 Å². The van der Waals surface area contributed by atoms with Gasteiger partial charge in [-0.25, -0.2) is 0 Å². The molecule has 0 radical (unpaired) electrons. The number of ether oxygens (including phenoxy) is 1. The largest absolute Gasteiger partial charge is 0.507 e. The van der Waals surface area contributed by atoms with Crippen LogP contribution in [0.2, 0.25) is 0 Å². The number of benzene rings is 3. The number of hydrogen-bond donors (Lipinski definition) is 1. The first-order valence-electron chi connectivity index (χ1n) is 10.0. The number of aliphatic hydroxyl groups excluding tert-OH is 1. The summed E-state index contributed by atoms with van der Waals surface area (Å²) in [6.07, 6.45) is 0. The van der Waals surface area contributed by atoms with E-state index in [4.69, 9.17) is 4.74 Å². The van der Waals surface area contributed by atoms with Crippen LogP contribution in [0, 0.1) is 13.8 Å². The fourth-order valence-corrected chi connectivity index (χ4v) is 4.05. The monoisotopic (exact) mass is 413 g/mol. The van der Waals surface area contributed by atoms with E-state index in [1.807, 2.05) is 68.4 Å². The third-order valence-electron chi connectivity index (χ3n) is 5.59. The Labute approximate surface area is 181 Å². The van der Waals surface area contributed by atoms with Crippen LogP contribution in [0.1, 0.15) is 28.3 Å². The van der Waals surface area contributed by atoms with Crippen molar-refractivity contribution in [1.29, 1.82) is 0 Å². The molecule has 31 heavy (non-hydrogen) atoms. The molecule has 0 spiro atoms. The summed E-state index contributed by atoms with van der Waals surface area (Å²) in [5.41, 5.74) is 3.49. The van der Waals surface area contributed by atoms with E-state index in [1.165, 1.54) is 4.90 Å². The molecule has 0 aromatic heterocycles. The van der Waals surface area contributed by atoms with Crippen molar-refractivity contribution in [2.45, 2.75) is 19.9 Å². The second kappa shape index (κ2) is 8.11. The lowest BCUT2D eigenvalue weighted by Gasteiger charge is -2.25. The van der Waals surface area contributed by atoms with E-state index in [9.17, 15) is 14.7 Å². The number of carbonyl (C=O) groups is 2. The molecule has 3 aromatic rings. The fraction of sp³-hybridized carbons (Fsp3) is 0.154. The molecule has 5 heteroatoms. The van der Waals surface area contributed by atoms with Crippen LogP contribution < -0.4 is 9.64 Å². The third-order valence-corrected chi connectivity index (χ3v) is 5.59. The molecule has 0 saturated carbocycles. The van der Waals surface area contributed by atoms with Gasteiger partial charge in [-0.1, -0.05) is 48.5 Å². The van der Waals surface area contributed by atoms with Crippen LogP contribution in [-0.4, -0.2) is 23.9 Å². The number of para-hydroxylation sites is 1. The molecule has 5 nitrogen and oxygen atoms in total. The number of methoxy groups -OCH3 is 1. The topological polar surface area (TPSA) is 66.8 Å². The van der Waals surface area contributed by atoms with Gasteiger partial charge in [-0.05, 0) is 54.8 Å². The molecule has 1 saturated heterocycles. The van der Waals surface area contributed by atoms with Crippen LogP contribution in [0.3, 0.4) is 0 Å². The first-order chi connectivity index (χ1) is 14.9. The third kappa shape index (κ3) is 3.48. The molecule has 1 amide bonds. The Hall–Kier alpha value is -3.86. The second-order valence-electron chi connectivity index (χ2n) is 7.55. The maximum Gasteiger partial charge on any atom is 0.300 e. The lowest BCUT2D eigenvalue weighted by Crippen LogP contribution is -2.29. The van der Waals surface area contributed by atoms with Crippen molar-refractivity contribution in [2.24, 2.45) is 0 Å². The summed E-state index contributed by atoms with van der Waals surface area (Å²) in [6, 6.07) is 21.2. The average molecular weight is 413 g/mol. The standard InChI is InChI=1S/C26H23NO4/c1-16-15-21(31-3)17(2)14-20(16)24(28)22-23(18-10-6-4-7-11-18)27(26(30)25(22)29)19-12-8-5-9-13-19/h4-15,23,28H,1-3H3/b24-22+. The Morgan fingerprint density at radius 2 is 1.52 bits per heavy atom.